The molecule has 9 nitrogen and oxygen atoms in total. The number of alkyl halides is 2. The summed E-state index contributed by atoms with van der Waals surface area (Å²) >= 11 is 7.39. The second-order valence-electron chi connectivity index (χ2n) is 7.65. The molecular weight excluding hydrogens is 500 g/mol. The monoisotopic (exact) mass is 523 g/mol. The van der Waals surface area contributed by atoms with E-state index >= 15 is 0 Å². The van der Waals surface area contributed by atoms with Crippen molar-refractivity contribution in [3.8, 4) is 5.75 Å². The Kier molecular flexibility index (Phi) is 7.83. The lowest BCUT2D eigenvalue weighted by Crippen LogP contribution is -2.46. The zero-order valence-corrected chi connectivity index (χ0v) is 20.4. The maximum Gasteiger partial charge on any atom is 0.387 e. The van der Waals surface area contributed by atoms with Gasteiger partial charge in [0.1, 0.15) is 9.90 Å². The number of piperazine rings is 1. The van der Waals surface area contributed by atoms with Crippen LogP contribution >= 0.6 is 22.9 Å². The van der Waals surface area contributed by atoms with Gasteiger partial charge in [-0.1, -0.05) is 18.5 Å². The molecule has 186 valence electrons. The predicted octanol–water partition coefficient (Wildman–Crippen LogP) is 4.52. The van der Waals surface area contributed by atoms with Crippen molar-refractivity contribution in [2.75, 3.05) is 48.3 Å². The molecule has 13 heteroatoms. The molecule has 3 heterocycles. The van der Waals surface area contributed by atoms with Crippen molar-refractivity contribution in [1.82, 2.24) is 14.9 Å². The Morgan fingerprint density at radius 1 is 1.23 bits per heavy atom. The van der Waals surface area contributed by atoms with E-state index in [-0.39, 0.29) is 28.2 Å². The average Bonchev–Trinajstić information content (AvgIpc) is 3.30. The van der Waals surface area contributed by atoms with Crippen LogP contribution in [0.4, 0.5) is 37.6 Å². The minimum Gasteiger partial charge on any atom is -0.433 e. The van der Waals surface area contributed by atoms with Crippen molar-refractivity contribution in [3.05, 3.63) is 45.7 Å². The van der Waals surface area contributed by atoms with Crippen molar-refractivity contribution in [2.24, 2.45) is 5.73 Å². The molecule has 0 saturated carbocycles. The van der Waals surface area contributed by atoms with E-state index in [4.69, 9.17) is 22.1 Å². The number of thiophene rings is 1. The third-order valence-corrected chi connectivity index (χ3v) is 6.70. The second-order valence-corrected chi connectivity index (χ2v) is 8.97. The molecule has 1 aliphatic rings. The molecular formula is C22H24ClF2N7O2S. The fourth-order valence-corrected chi connectivity index (χ4v) is 4.53. The molecule has 1 aliphatic heterocycles. The number of carbonyl (C=O) groups is 1. The third kappa shape index (κ3) is 6.08. The fraction of sp³-hybridized carbons (Fsp3) is 0.318. The van der Waals surface area contributed by atoms with Crippen LogP contribution < -0.4 is 26.0 Å². The molecule has 1 aromatic carbocycles. The van der Waals surface area contributed by atoms with Gasteiger partial charge in [0.2, 0.25) is 5.95 Å². The SMILES string of the molecule is CCN1CCN(c2ccc(Nc3ncc(Cl)c(Nc4ccsc4C(N)=O)n3)c(OC(F)F)c2)CC1. The quantitative estimate of drug-likeness (QED) is 0.375. The molecule has 1 saturated heterocycles. The highest BCUT2D eigenvalue weighted by atomic mass is 35.5. The van der Waals surface area contributed by atoms with Crippen molar-refractivity contribution in [3.63, 3.8) is 0 Å². The molecule has 0 aliphatic carbocycles. The van der Waals surface area contributed by atoms with Crippen LogP contribution in [0.25, 0.3) is 0 Å². The number of primary amides is 1. The molecule has 0 spiro atoms. The number of aromatic nitrogens is 2. The van der Waals surface area contributed by atoms with Crippen molar-refractivity contribution in [1.29, 1.82) is 0 Å². The Labute approximate surface area is 209 Å². The van der Waals surface area contributed by atoms with Gasteiger partial charge >= 0.3 is 6.61 Å². The summed E-state index contributed by atoms with van der Waals surface area (Å²) in [6.07, 6.45) is 1.35. The number of amides is 1. The van der Waals surface area contributed by atoms with E-state index in [0.29, 0.717) is 10.6 Å². The van der Waals surface area contributed by atoms with Crippen LogP contribution in [0.15, 0.2) is 35.8 Å². The van der Waals surface area contributed by atoms with Gasteiger partial charge in [-0.05, 0) is 30.1 Å². The highest BCUT2D eigenvalue weighted by Crippen LogP contribution is 2.34. The largest absolute Gasteiger partial charge is 0.433 e. The Morgan fingerprint density at radius 2 is 2.00 bits per heavy atom. The highest BCUT2D eigenvalue weighted by molar-refractivity contribution is 7.12. The molecule has 1 amide bonds. The molecule has 4 N–H and O–H groups in total. The lowest BCUT2D eigenvalue weighted by Gasteiger charge is -2.35. The van der Waals surface area contributed by atoms with Crippen LogP contribution in [0.3, 0.4) is 0 Å². The molecule has 3 aromatic rings. The lowest BCUT2D eigenvalue weighted by molar-refractivity contribution is -0.0493. The smallest absolute Gasteiger partial charge is 0.387 e. The van der Waals surface area contributed by atoms with E-state index in [2.05, 4.69) is 37.3 Å². The molecule has 0 bridgehead atoms. The average molecular weight is 524 g/mol. The zero-order valence-electron chi connectivity index (χ0n) is 18.8. The molecule has 0 radical (unpaired) electrons. The molecule has 2 aromatic heterocycles. The van der Waals surface area contributed by atoms with Gasteiger partial charge < -0.3 is 30.9 Å². The number of nitrogens with two attached hydrogens (primary N) is 1. The summed E-state index contributed by atoms with van der Waals surface area (Å²) in [5.74, 6) is -0.309. The van der Waals surface area contributed by atoms with E-state index in [1.165, 1.54) is 17.5 Å². The van der Waals surface area contributed by atoms with Crippen LogP contribution in [-0.2, 0) is 0 Å². The number of halogens is 3. The summed E-state index contributed by atoms with van der Waals surface area (Å²) in [6, 6.07) is 6.73. The van der Waals surface area contributed by atoms with Crippen molar-refractivity contribution < 1.29 is 18.3 Å². The molecule has 0 unspecified atom stereocenters. The zero-order chi connectivity index (χ0) is 24.9. The number of hydrogen-bond acceptors (Lipinski definition) is 9. The standard InChI is InChI=1S/C22H24ClF2N7O2S/c1-2-31-6-8-32(9-7-31)13-3-4-15(17(11-13)34-21(24)25)29-22-27-12-14(23)20(30-22)28-16-5-10-35-18(16)19(26)33/h3-5,10-12,21H,2,6-9H2,1H3,(H2,26,33)(H2,27,28,29,30). The van der Waals surface area contributed by atoms with Crippen LogP contribution in [0, 0.1) is 0 Å². The number of benzene rings is 1. The highest BCUT2D eigenvalue weighted by Gasteiger charge is 2.19. The van der Waals surface area contributed by atoms with Gasteiger partial charge in [0.25, 0.3) is 5.91 Å². The van der Waals surface area contributed by atoms with Crippen LogP contribution in [0.1, 0.15) is 16.6 Å². The number of carbonyl (C=O) groups excluding carboxylic acids is 1. The minimum atomic E-state index is -3.00. The number of anilines is 5. The summed E-state index contributed by atoms with van der Waals surface area (Å²) in [5, 5.41) is 7.77. The Bertz CT molecular complexity index is 1190. The van der Waals surface area contributed by atoms with E-state index in [1.54, 1.807) is 23.6 Å². The van der Waals surface area contributed by atoms with Crippen molar-refractivity contribution in [2.45, 2.75) is 13.5 Å². The van der Waals surface area contributed by atoms with E-state index < -0.39 is 12.5 Å². The number of likely N-dealkylation sites (N-methyl/N-ethyl adjacent to an activating group) is 1. The summed E-state index contributed by atoms with van der Waals surface area (Å²) < 4.78 is 31.1. The van der Waals surface area contributed by atoms with Gasteiger partial charge in [0.05, 0.1) is 17.6 Å². The maximum absolute atomic E-state index is 13.2. The Balaban J connectivity index is 1.56. The van der Waals surface area contributed by atoms with E-state index in [0.717, 1.165) is 38.4 Å². The first-order valence-electron chi connectivity index (χ1n) is 10.8. The summed E-state index contributed by atoms with van der Waals surface area (Å²) in [7, 11) is 0. The normalized spacial score (nSPS) is 14.3. The number of rotatable bonds is 9. The summed E-state index contributed by atoms with van der Waals surface area (Å²) in [5.41, 5.74) is 6.90. The number of ether oxygens (including phenoxy) is 1. The van der Waals surface area contributed by atoms with Crippen LogP contribution in [-0.4, -0.2) is 60.1 Å². The Hall–Kier alpha value is -3.22. The summed E-state index contributed by atoms with van der Waals surface area (Å²) in [6.45, 7) is 3.47. The van der Waals surface area contributed by atoms with Crippen molar-refractivity contribution >= 4 is 57.7 Å². The topological polar surface area (TPSA) is 109 Å². The number of nitrogens with zero attached hydrogens (tertiary/aromatic N) is 4. The second kappa shape index (κ2) is 11.0. The molecule has 4 rings (SSSR count). The first-order chi connectivity index (χ1) is 16.8. The van der Waals surface area contributed by atoms with Crippen LogP contribution in [0.2, 0.25) is 5.02 Å². The first kappa shape index (κ1) is 24.9. The number of nitrogens with one attached hydrogen (secondary N) is 2. The lowest BCUT2D eigenvalue weighted by atomic mass is 10.2. The third-order valence-electron chi connectivity index (χ3n) is 5.50. The van der Waals surface area contributed by atoms with Crippen LogP contribution in [0.5, 0.6) is 5.75 Å². The summed E-state index contributed by atoms with van der Waals surface area (Å²) in [4.78, 5) is 24.8. The van der Waals surface area contributed by atoms with E-state index in [9.17, 15) is 13.6 Å². The van der Waals surface area contributed by atoms with Gasteiger partial charge in [-0.25, -0.2) is 4.98 Å². The minimum absolute atomic E-state index is 0.0303. The van der Waals surface area contributed by atoms with Gasteiger partial charge in [-0.3, -0.25) is 4.79 Å². The van der Waals surface area contributed by atoms with Gasteiger partial charge in [0.15, 0.2) is 11.6 Å². The molecule has 1 fully saturated rings. The first-order valence-corrected chi connectivity index (χ1v) is 12.1. The Morgan fingerprint density at radius 3 is 2.69 bits per heavy atom. The van der Waals surface area contributed by atoms with E-state index in [1.807, 2.05) is 6.07 Å². The predicted molar refractivity (Wildman–Crippen MR) is 134 cm³/mol. The van der Waals surface area contributed by atoms with Gasteiger partial charge in [-0.2, -0.15) is 13.8 Å². The molecule has 35 heavy (non-hydrogen) atoms. The number of hydrogen-bond donors (Lipinski definition) is 3. The fourth-order valence-electron chi connectivity index (χ4n) is 3.69. The van der Waals surface area contributed by atoms with Gasteiger partial charge in [-0.15, -0.1) is 11.3 Å². The van der Waals surface area contributed by atoms with Gasteiger partial charge in [0, 0.05) is 37.9 Å². The molecule has 0 atom stereocenters. The maximum atomic E-state index is 13.2.